The Labute approximate surface area is 98.6 Å². The first-order valence-electron chi connectivity index (χ1n) is 4.81. The maximum Gasteiger partial charge on any atom is 0.484 e. The van der Waals surface area contributed by atoms with Gasteiger partial charge in [-0.3, -0.25) is 10.0 Å². The van der Waals surface area contributed by atoms with Gasteiger partial charge in [0, 0.05) is 42.0 Å². The first-order valence-corrected chi connectivity index (χ1v) is 6.33. The Morgan fingerprint density at radius 2 is 1.25 bits per heavy atom. The Hall–Kier alpha value is -1.37. The summed E-state index contributed by atoms with van der Waals surface area (Å²) in [6.45, 7) is 3.52. The topological polar surface area (TPSA) is 49.7 Å². The predicted octanol–water partition coefficient (Wildman–Crippen LogP) is 0.311. The van der Waals surface area contributed by atoms with Gasteiger partial charge < -0.3 is 8.85 Å². The standard InChI is InChI=1S/C9H20N4O2Si/c1-8(10-12(3)4)14-16(7)15-9(2)11-13(5)6/h7H2,1-6H3/b10-8+,11-9+. The maximum absolute atomic E-state index is 5.39. The lowest BCUT2D eigenvalue weighted by Crippen LogP contribution is -2.22. The van der Waals surface area contributed by atoms with E-state index in [4.69, 9.17) is 8.85 Å². The normalized spacial score (nSPS) is 12.1. The minimum Gasteiger partial charge on any atom is -0.473 e. The Balaban J connectivity index is 4.19. The molecule has 0 aromatic carbocycles. The van der Waals surface area contributed by atoms with Crippen molar-refractivity contribution in [2.45, 2.75) is 13.8 Å². The van der Waals surface area contributed by atoms with E-state index in [0.29, 0.717) is 11.8 Å². The average Bonchev–Trinajstić information content (AvgIpc) is 1.97. The molecule has 0 bridgehead atoms. The highest BCUT2D eigenvalue weighted by Crippen LogP contribution is 1.89. The van der Waals surface area contributed by atoms with E-state index in [1.165, 1.54) is 0 Å². The molecule has 0 aromatic rings. The van der Waals surface area contributed by atoms with Crippen LogP contribution in [0.15, 0.2) is 10.2 Å². The third-order valence-electron chi connectivity index (χ3n) is 1.20. The molecule has 0 aliphatic rings. The van der Waals surface area contributed by atoms with Gasteiger partial charge in [0.1, 0.15) is 0 Å². The van der Waals surface area contributed by atoms with Gasteiger partial charge in [-0.05, 0) is 6.17 Å². The number of hydrogen-bond donors (Lipinski definition) is 0. The SMILES string of the molecule is C=[Si](O/C(C)=N/N(C)C)O/C(C)=N/N(C)C. The van der Waals surface area contributed by atoms with Crippen LogP contribution in [0.2, 0.25) is 0 Å². The van der Waals surface area contributed by atoms with Crippen molar-refractivity contribution >= 4 is 26.9 Å². The summed E-state index contributed by atoms with van der Waals surface area (Å²) < 4.78 is 10.8. The van der Waals surface area contributed by atoms with Gasteiger partial charge in [-0.15, -0.1) is 10.2 Å². The van der Waals surface area contributed by atoms with Crippen LogP contribution in [-0.2, 0) is 8.85 Å². The number of hydrogen-bond acceptors (Lipinski definition) is 6. The van der Waals surface area contributed by atoms with Gasteiger partial charge in [0.25, 0.3) is 0 Å². The predicted molar refractivity (Wildman–Crippen MR) is 68.6 cm³/mol. The van der Waals surface area contributed by atoms with Crippen LogP contribution in [0.5, 0.6) is 0 Å². The molecule has 0 aliphatic carbocycles. The molecule has 0 fully saturated rings. The molecular weight excluding hydrogens is 224 g/mol. The summed E-state index contributed by atoms with van der Waals surface area (Å²) in [4.78, 5) is 0. The lowest BCUT2D eigenvalue weighted by molar-refractivity contribution is 0.377. The smallest absolute Gasteiger partial charge is 0.473 e. The molecular formula is C9H20N4O2Si. The van der Waals surface area contributed by atoms with Gasteiger partial charge in [-0.2, -0.15) is 0 Å². The molecule has 0 aliphatic heterocycles. The average molecular weight is 244 g/mol. The van der Waals surface area contributed by atoms with Crippen molar-refractivity contribution in [3.63, 3.8) is 0 Å². The highest BCUT2D eigenvalue weighted by molar-refractivity contribution is 6.52. The number of rotatable bonds is 4. The van der Waals surface area contributed by atoms with Gasteiger partial charge in [-0.1, -0.05) is 0 Å². The Kier molecular flexibility index (Phi) is 6.39. The Morgan fingerprint density at radius 3 is 1.50 bits per heavy atom. The quantitative estimate of drug-likeness (QED) is 0.309. The maximum atomic E-state index is 5.39. The molecule has 92 valence electrons. The molecule has 16 heavy (non-hydrogen) atoms. The van der Waals surface area contributed by atoms with Gasteiger partial charge in [-0.25, -0.2) is 0 Å². The molecule has 7 heteroatoms. The zero-order valence-electron chi connectivity index (χ0n) is 10.8. The highest BCUT2D eigenvalue weighted by Gasteiger charge is 2.05. The molecule has 0 rings (SSSR count). The molecule has 6 nitrogen and oxygen atoms in total. The number of hydrazone groups is 2. The van der Waals surface area contributed by atoms with Gasteiger partial charge >= 0.3 is 8.90 Å². The highest BCUT2D eigenvalue weighted by atomic mass is 28.3. The summed E-state index contributed by atoms with van der Waals surface area (Å²) in [7, 11) is 5.64. The fourth-order valence-electron chi connectivity index (χ4n) is 0.954. The fourth-order valence-corrected chi connectivity index (χ4v) is 1.74. The summed E-state index contributed by atoms with van der Waals surface area (Å²) in [5.41, 5.74) is 0. The van der Waals surface area contributed by atoms with Crippen molar-refractivity contribution in [3.8, 4) is 0 Å². The second kappa shape index (κ2) is 6.99. The van der Waals surface area contributed by atoms with E-state index in [2.05, 4.69) is 16.4 Å². The van der Waals surface area contributed by atoms with Gasteiger partial charge in [0.15, 0.2) is 11.8 Å². The second-order valence-electron chi connectivity index (χ2n) is 3.51. The molecule has 0 heterocycles. The monoisotopic (exact) mass is 244 g/mol. The van der Waals surface area contributed by atoms with E-state index in [0.717, 1.165) is 0 Å². The molecule has 0 saturated carbocycles. The van der Waals surface area contributed by atoms with E-state index in [-0.39, 0.29) is 0 Å². The second-order valence-corrected chi connectivity index (χ2v) is 4.66. The van der Waals surface area contributed by atoms with Crippen LogP contribution < -0.4 is 0 Å². The molecule has 0 atom stereocenters. The first kappa shape index (κ1) is 14.6. The van der Waals surface area contributed by atoms with Crippen LogP contribution in [0, 0.1) is 0 Å². The van der Waals surface area contributed by atoms with E-state index in [9.17, 15) is 0 Å². The minimum absolute atomic E-state index is 0.534. The van der Waals surface area contributed by atoms with Crippen molar-refractivity contribution < 1.29 is 8.85 Å². The summed E-state index contributed by atoms with van der Waals surface area (Å²) >= 11 is 0. The fraction of sp³-hybridized carbons (Fsp3) is 0.667. The van der Waals surface area contributed by atoms with Crippen LogP contribution in [0.3, 0.4) is 0 Å². The molecule has 0 N–H and O–H groups in total. The van der Waals surface area contributed by atoms with Crippen molar-refractivity contribution in [1.29, 1.82) is 0 Å². The minimum atomic E-state index is -1.64. The van der Waals surface area contributed by atoms with Gasteiger partial charge in [0.05, 0.1) is 0 Å². The first-order chi connectivity index (χ1) is 7.31. The van der Waals surface area contributed by atoms with E-state index < -0.39 is 8.90 Å². The third-order valence-corrected chi connectivity index (χ3v) is 2.25. The zero-order valence-corrected chi connectivity index (χ0v) is 11.8. The molecule has 0 spiro atoms. The van der Waals surface area contributed by atoms with Crippen molar-refractivity contribution in [2.24, 2.45) is 10.2 Å². The summed E-state index contributed by atoms with van der Waals surface area (Å²) in [6.07, 6.45) is 3.79. The summed E-state index contributed by atoms with van der Waals surface area (Å²) in [5, 5.41) is 11.5. The Morgan fingerprint density at radius 1 is 0.938 bits per heavy atom. The van der Waals surface area contributed by atoms with Crippen LogP contribution >= 0.6 is 0 Å². The van der Waals surface area contributed by atoms with Crippen molar-refractivity contribution in [1.82, 2.24) is 10.0 Å². The van der Waals surface area contributed by atoms with E-state index in [1.807, 2.05) is 28.2 Å². The van der Waals surface area contributed by atoms with Crippen LogP contribution in [0.25, 0.3) is 0 Å². The molecule has 0 amide bonds. The van der Waals surface area contributed by atoms with Crippen LogP contribution in [0.4, 0.5) is 0 Å². The van der Waals surface area contributed by atoms with E-state index in [1.54, 1.807) is 23.9 Å². The Bertz CT molecular complexity index is 272. The summed E-state index contributed by atoms with van der Waals surface area (Å²) in [5.74, 6) is 1.07. The third kappa shape index (κ3) is 7.98. The van der Waals surface area contributed by atoms with Crippen LogP contribution in [-0.4, -0.2) is 65.1 Å². The van der Waals surface area contributed by atoms with Gasteiger partial charge in [0.2, 0.25) is 0 Å². The summed E-state index contributed by atoms with van der Waals surface area (Å²) in [6, 6.07) is 0. The number of nitrogens with zero attached hydrogens (tertiary/aromatic N) is 4. The molecule has 0 unspecified atom stereocenters. The van der Waals surface area contributed by atoms with Crippen molar-refractivity contribution in [2.75, 3.05) is 28.2 Å². The molecule has 0 saturated heterocycles. The zero-order chi connectivity index (χ0) is 12.7. The van der Waals surface area contributed by atoms with Crippen molar-refractivity contribution in [3.05, 3.63) is 0 Å². The lowest BCUT2D eigenvalue weighted by atomic mass is 10.8. The van der Waals surface area contributed by atoms with Crippen LogP contribution in [0.1, 0.15) is 13.8 Å². The molecule has 0 radical (unpaired) electrons. The van der Waals surface area contributed by atoms with E-state index >= 15 is 0 Å². The molecule has 0 aromatic heterocycles. The largest absolute Gasteiger partial charge is 0.484 e. The lowest BCUT2D eigenvalue weighted by Gasteiger charge is -2.12.